The van der Waals surface area contributed by atoms with Gasteiger partial charge in [-0.3, -0.25) is 0 Å². The van der Waals surface area contributed by atoms with E-state index < -0.39 is 0 Å². The highest BCUT2D eigenvalue weighted by Crippen LogP contribution is 2.32. The summed E-state index contributed by atoms with van der Waals surface area (Å²) in [6.07, 6.45) is 0. The molecule has 0 amide bonds. The van der Waals surface area contributed by atoms with Gasteiger partial charge in [0.1, 0.15) is 23.3 Å². The zero-order valence-corrected chi connectivity index (χ0v) is 14.4. The van der Waals surface area contributed by atoms with Crippen LogP contribution in [0.4, 0.5) is 0 Å². The maximum Gasteiger partial charge on any atom is 0.348 e. The lowest BCUT2D eigenvalue weighted by Crippen LogP contribution is -1.97. The minimum atomic E-state index is -0.362. The number of thiophene rings is 1. The predicted octanol–water partition coefficient (Wildman–Crippen LogP) is 4.65. The average molecular weight is 349 g/mol. The van der Waals surface area contributed by atoms with E-state index in [1.807, 2.05) is 42.5 Å². The molecular weight excluding hydrogens is 334 g/mol. The molecule has 0 aliphatic carbocycles. The van der Waals surface area contributed by atoms with Crippen LogP contribution in [0.3, 0.4) is 0 Å². The van der Waals surface area contributed by atoms with E-state index in [1.165, 1.54) is 18.4 Å². The Labute approximate surface area is 149 Å². The van der Waals surface area contributed by atoms with Crippen molar-refractivity contribution in [2.45, 2.75) is 6.61 Å². The molecule has 3 rings (SSSR count). The summed E-state index contributed by atoms with van der Waals surface area (Å²) in [5.74, 6) is 0.180. The van der Waals surface area contributed by atoms with Gasteiger partial charge in [-0.2, -0.15) is 5.26 Å². The van der Waals surface area contributed by atoms with E-state index in [2.05, 4.69) is 6.07 Å². The van der Waals surface area contributed by atoms with Crippen LogP contribution in [0.2, 0.25) is 0 Å². The summed E-state index contributed by atoms with van der Waals surface area (Å²) >= 11 is 1.33. The molecule has 0 radical (unpaired) electrons. The third-order valence-electron chi connectivity index (χ3n) is 3.61. The molecule has 0 unspecified atom stereocenters. The normalized spacial score (nSPS) is 10.1. The number of hydrogen-bond donors (Lipinski definition) is 0. The molecule has 0 fully saturated rings. The summed E-state index contributed by atoms with van der Waals surface area (Å²) in [4.78, 5) is 13.0. The van der Waals surface area contributed by atoms with Crippen molar-refractivity contribution in [3.63, 3.8) is 0 Å². The number of hydrogen-bond acceptors (Lipinski definition) is 5. The zero-order chi connectivity index (χ0) is 17.6. The Morgan fingerprint density at radius 2 is 1.92 bits per heavy atom. The molecule has 0 saturated heterocycles. The van der Waals surface area contributed by atoms with Gasteiger partial charge in [-0.1, -0.05) is 30.3 Å². The standard InChI is InChI=1S/C20H15NO3S/c1-23-20(22)19-10-9-18(25-19)15-7-8-17(16(11-15)12-21)24-13-14-5-3-2-4-6-14/h2-11H,13H2,1H3. The fraction of sp³-hybridized carbons (Fsp3) is 0.100. The van der Waals surface area contributed by atoms with Gasteiger partial charge in [0.25, 0.3) is 0 Å². The fourth-order valence-corrected chi connectivity index (χ4v) is 3.26. The minimum absolute atomic E-state index is 0.362. The van der Waals surface area contributed by atoms with Gasteiger partial charge < -0.3 is 9.47 Å². The van der Waals surface area contributed by atoms with Gasteiger partial charge >= 0.3 is 5.97 Å². The van der Waals surface area contributed by atoms with Crippen LogP contribution < -0.4 is 4.74 Å². The zero-order valence-electron chi connectivity index (χ0n) is 13.6. The van der Waals surface area contributed by atoms with Crippen molar-refractivity contribution in [2.75, 3.05) is 7.11 Å². The number of nitriles is 1. The molecule has 0 atom stereocenters. The van der Waals surface area contributed by atoms with Crippen LogP contribution in [0.1, 0.15) is 20.8 Å². The number of benzene rings is 2. The van der Waals surface area contributed by atoms with Gasteiger partial charge in [0.2, 0.25) is 0 Å². The van der Waals surface area contributed by atoms with Crippen molar-refractivity contribution < 1.29 is 14.3 Å². The second-order valence-corrected chi connectivity index (χ2v) is 6.34. The van der Waals surface area contributed by atoms with E-state index in [0.29, 0.717) is 22.8 Å². The van der Waals surface area contributed by atoms with Crippen LogP contribution in [0, 0.1) is 11.3 Å². The second kappa shape index (κ2) is 7.65. The van der Waals surface area contributed by atoms with Crippen molar-refractivity contribution in [1.82, 2.24) is 0 Å². The smallest absolute Gasteiger partial charge is 0.348 e. The molecule has 124 valence electrons. The molecule has 2 aromatic carbocycles. The molecule has 4 nitrogen and oxygen atoms in total. The van der Waals surface area contributed by atoms with Crippen molar-refractivity contribution in [3.8, 4) is 22.3 Å². The third-order valence-corrected chi connectivity index (χ3v) is 4.73. The summed E-state index contributed by atoms with van der Waals surface area (Å²) < 4.78 is 10.5. The molecule has 0 bridgehead atoms. The Bertz CT molecular complexity index is 926. The number of methoxy groups -OCH3 is 1. The molecular formula is C20H15NO3S. The Morgan fingerprint density at radius 3 is 2.64 bits per heavy atom. The molecule has 0 aliphatic heterocycles. The van der Waals surface area contributed by atoms with Gasteiger partial charge in [-0.25, -0.2) is 4.79 Å². The van der Waals surface area contributed by atoms with E-state index >= 15 is 0 Å². The number of carbonyl (C=O) groups excluding carboxylic acids is 1. The maximum absolute atomic E-state index is 11.6. The first-order chi connectivity index (χ1) is 12.2. The Balaban J connectivity index is 1.81. The van der Waals surface area contributed by atoms with E-state index in [0.717, 1.165) is 16.0 Å². The third kappa shape index (κ3) is 3.87. The Kier molecular flexibility index (Phi) is 5.12. The second-order valence-electron chi connectivity index (χ2n) is 5.25. The van der Waals surface area contributed by atoms with Gasteiger partial charge in [-0.05, 0) is 41.5 Å². The summed E-state index contributed by atoms with van der Waals surface area (Å²) in [5.41, 5.74) is 2.36. The monoisotopic (exact) mass is 349 g/mol. The molecule has 0 saturated carbocycles. The van der Waals surface area contributed by atoms with Crippen LogP contribution in [0.25, 0.3) is 10.4 Å². The molecule has 3 aromatic rings. The van der Waals surface area contributed by atoms with Crippen molar-refractivity contribution in [1.29, 1.82) is 5.26 Å². The number of ether oxygens (including phenoxy) is 2. The number of esters is 1. The molecule has 1 aromatic heterocycles. The fourth-order valence-electron chi connectivity index (χ4n) is 2.34. The molecule has 1 heterocycles. The van der Waals surface area contributed by atoms with Crippen LogP contribution in [-0.2, 0) is 11.3 Å². The summed E-state index contributed by atoms with van der Waals surface area (Å²) in [6.45, 7) is 0.403. The molecule has 0 spiro atoms. The lowest BCUT2D eigenvalue weighted by molar-refractivity contribution is 0.0606. The molecule has 25 heavy (non-hydrogen) atoms. The van der Waals surface area contributed by atoms with Crippen LogP contribution in [-0.4, -0.2) is 13.1 Å². The van der Waals surface area contributed by atoms with E-state index in [1.54, 1.807) is 18.2 Å². The summed E-state index contributed by atoms with van der Waals surface area (Å²) in [5, 5.41) is 9.42. The first kappa shape index (κ1) is 16.7. The van der Waals surface area contributed by atoms with Gasteiger partial charge in [0.15, 0.2) is 0 Å². The number of carbonyl (C=O) groups is 1. The van der Waals surface area contributed by atoms with E-state index in [-0.39, 0.29) is 5.97 Å². The van der Waals surface area contributed by atoms with E-state index in [4.69, 9.17) is 9.47 Å². The number of rotatable bonds is 5. The molecule has 5 heteroatoms. The average Bonchev–Trinajstić information content (AvgIpc) is 3.16. The first-order valence-corrected chi connectivity index (χ1v) is 8.42. The molecule has 0 N–H and O–H groups in total. The highest BCUT2D eigenvalue weighted by Gasteiger charge is 2.12. The predicted molar refractivity (Wildman–Crippen MR) is 96.6 cm³/mol. The van der Waals surface area contributed by atoms with Crippen LogP contribution in [0.5, 0.6) is 5.75 Å². The van der Waals surface area contributed by atoms with Gasteiger partial charge in [0, 0.05) is 4.88 Å². The topological polar surface area (TPSA) is 59.3 Å². The van der Waals surface area contributed by atoms with Gasteiger partial charge in [-0.15, -0.1) is 11.3 Å². The lowest BCUT2D eigenvalue weighted by atomic mass is 10.1. The SMILES string of the molecule is COC(=O)c1ccc(-c2ccc(OCc3ccccc3)c(C#N)c2)s1. The Hall–Kier alpha value is -3.10. The summed E-state index contributed by atoms with van der Waals surface area (Å²) in [6, 6.07) is 21.0. The largest absolute Gasteiger partial charge is 0.488 e. The highest BCUT2D eigenvalue weighted by molar-refractivity contribution is 7.17. The lowest BCUT2D eigenvalue weighted by Gasteiger charge is -2.09. The summed E-state index contributed by atoms with van der Waals surface area (Å²) in [7, 11) is 1.36. The van der Waals surface area contributed by atoms with Crippen molar-refractivity contribution in [2.24, 2.45) is 0 Å². The first-order valence-electron chi connectivity index (χ1n) is 7.60. The van der Waals surface area contributed by atoms with E-state index in [9.17, 15) is 10.1 Å². The highest BCUT2D eigenvalue weighted by atomic mass is 32.1. The van der Waals surface area contributed by atoms with Crippen LogP contribution >= 0.6 is 11.3 Å². The maximum atomic E-state index is 11.6. The van der Waals surface area contributed by atoms with Crippen molar-refractivity contribution in [3.05, 3.63) is 76.7 Å². The Morgan fingerprint density at radius 1 is 1.12 bits per heavy atom. The minimum Gasteiger partial charge on any atom is -0.488 e. The van der Waals surface area contributed by atoms with Crippen LogP contribution in [0.15, 0.2) is 60.7 Å². The quantitative estimate of drug-likeness (QED) is 0.629. The molecule has 0 aliphatic rings. The van der Waals surface area contributed by atoms with Gasteiger partial charge in [0.05, 0.1) is 12.7 Å². The number of nitrogens with zero attached hydrogens (tertiary/aromatic N) is 1. The van der Waals surface area contributed by atoms with Crippen molar-refractivity contribution >= 4 is 17.3 Å².